The van der Waals surface area contributed by atoms with Crippen LogP contribution in [-0.2, 0) is 0 Å². The first-order valence-corrected chi connectivity index (χ1v) is 4.87. The number of aromatic nitrogens is 2. The van der Waals surface area contributed by atoms with Gasteiger partial charge in [-0.2, -0.15) is 0 Å². The van der Waals surface area contributed by atoms with Crippen LogP contribution in [0.4, 0.5) is 11.5 Å². The van der Waals surface area contributed by atoms with Crippen molar-refractivity contribution < 1.29 is 4.79 Å². The number of aromatic amines is 1. The van der Waals surface area contributed by atoms with Crippen LogP contribution in [0.5, 0.6) is 0 Å². The van der Waals surface area contributed by atoms with E-state index in [9.17, 15) is 9.59 Å². The van der Waals surface area contributed by atoms with Gasteiger partial charge in [0.25, 0.3) is 5.91 Å². The van der Waals surface area contributed by atoms with Gasteiger partial charge in [0.2, 0.25) is 0 Å². The van der Waals surface area contributed by atoms with Crippen molar-refractivity contribution in [3.63, 3.8) is 0 Å². The highest BCUT2D eigenvalue weighted by Crippen LogP contribution is 2.07. The van der Waals surface area contributed by atoms with E-state index in [-0.39, 0.29) is 11.0 Å². The molecule has 0 aliphatic carbocycles. The molecule has 0 radical (unpaired) electrons. The van der Waals surface area contributed by atoms with E-state index in [4.69, 9.17) is 5.73 Å². The lowest BCUT2D eigenvalue weighted by Gasteiger charge is -2.03. The standard InChI is InChI=1S/C11H10N4O2/c12-10-2-1-7(5-14-10)15-11(17)8-6-13-4-3-9(8)16/h1-6H,(H2,12,14)(H,13,16)(H,15,17). The second-order valence-corrected chi connectivity index (χ2v) is 3.35. The molecule has 0 saturated heterocycles. The molecule has 0 spiro atoms. The van der Waals surface area contributed by atoms with Crippen molar-refractivity contribution in [2.45, 2.75) is 0 Å². The fourth-order valence-corrected chi connectivity index (χ4v) is 1.27. The molecule has 86 valence electrons. The Morgan fingerprint density at radius 2 is 2.18 bits per heavy atom. The second-order valence-electron chi connectivity index (χ2n) is 3.35. The molecule has 0 fully saturated rings. The van der Waals surface area contributed by atoms with E-state index in [2.05, 4.69) is 15.3 Å². The molecule has 2 heterocycles. The number of rotatable bonds is 2. The van der Waals surface area contributed by atoms with Crippen molar-refractivity contribution in [3.05, 3.63) is 52.6 Å². The molecule has 17 heavy (non-hydrogen) atoms. The van der Waals surface area contributed by atoms with Gasteiger partial charge in [0.15, 0.2) is 5.43 Å². The average Bonchev–Trinajstić information content (AvgIpc) is 2.32. The quantitative estimate of drug-likeness (QED) is 0.703. The Balaban J connectivity index is 2.20. The smallest absolute Gasteiger partial charge is 0.261 e. The molecule has 0 unspecified atom stereocenters. The molecule has 0 bridgehead atoms. The molecule has 2 aromatic rings. The summed E-state index contributed by atoms with van der Waals surface area (Å²) in [5, 5.41) is 2.55. The molecule has 0 aliphatic rings. The number of H-pyrrole nitrogens is 1. The van der Waals surface area contributed by atoms with E-state index in [0.29, 0.717) is 11.5 Å². The highest BCUT2D eigenvalue weighted by molar-refractivity contribution is 6.03. The third-order valence-electron chi connectivity index (χ3n) is 2.11. The van der Waals surface area contributed by atoms with Gasteiger partial charge in [-0.25, -0.2) is 4.98 Å². The van der Waals surface area contributed by atoms with Crippen LogP contribution in [0.2, 0.25) is 0 Å². The summed E-state index contributed by atoms with van der Waals surface area (Å²) in [6, 6.07) is 4.46. The summed E-state index contributed by atoms with van der Waals surface area (Å²) in [6.45, 7) is 0. The number of hydrogen-bond donors (Lipinski definition) is 3. The Labute approximate surface area is 96.5 Å². The molecule has 2 rings (SSSR count). The molecule has 2 aromatic heterocycles. The first-order chi connectivity index (χ1) is 8.16. The van der Waals surface area contributed by atoms with Gasteiger partial charge in [0.1, 0.15) is 11.4 Å². The summed E-state index contributed by atoms with van der Waals surface area (Å²) in [6.07, 6.45) is 4.23. The third kappa shape index (κ3) is 2.49. The molecule has 6 nitrogen and oxygen atoms in total. The number of carbonyl (C=O) groups is 1. The van der Waals surface area contributed by atoms with Gasteiger partial charge in [0.05, 0.1) is 11.9 Å². The molecular weight excluding hydrogens is 220 g/mol. The average molecular weight is 230 g/mol. The van der Waals surface area contributed by atoms with E-state index in [0.717, 1.165) is 0 Å². The lowest BCUT2D eigenvalue weighted by Crippen LogP contribution is -2.20. The van der Waals surface area contributed by atoms with Crippen LogP contribution in [0.3, 0.4) is 0 Å². The zero-order chi connectivity index (χ0) is 12.3. The van der Waals surface area contributed by atoms with Crippen molar-refractivity contribution in [2.75, 3.05) is 11.1 Å². The fraction of sp³-hybridized carbons (Fsp3) is 0. The lowest BCUT2D eigenvalue weighted by molar-refractivity contribution is 0.102. The Kier molecular flexibility index (Phi) is 2.87. The van der Waals surface area contributed by atoms with E-state index in [1.807, 2.05) is 0 Å². The monoisotopic (exact) mass is 230 g/mol. The lowest BCUT2D eigenvalue weighted by atomic mass is 10.2. The number of amides is 1. The van der Waals surface area contributed by atoms with Gasteiger partial charge in [-0.15, -0.1) is 0 Å². The minimum atomic E-state index is -0.488. The second kappa shape index (κ2) is 4.48. The van der Waals surface area contributed by atoms with Gasteiger partial charge < -0.3 is 16.0 Å². The number of carbonyl (C=O) groups excluding carboxylic acids is 1. The summed E-state index contributed by atoms with van der Waals surface area (Å²) in [5.41, 5.74) is 5.60. The number of anilines is 2. The Bertz CT molecular complexity index is 589. The number of hydrogen-bond acceptors (Lipinski definition) is 4. The summed E-state index contributed by atoms with van der Waals surface area (Å²) in [4.78, 5) is 29.6. The van der Waals surface area contributed by atoms with E-state index >= 15 is 0 Å². The largest absolute Gasteiger partial charge is 0.384 e. The van der Waals surface area contributed by atoms with Gasteiger partial charge in [-0.3, -0.25) is 9.59 Å². The molecule has 6 heteroatoms. The molecule has 1 amide bonds. The predicted molar refractivity (Wildman–Crippen MR) is 63.7 cm³/mol. The Hall–Kier alpha value is -2.63. The molecule has 0 aromatic carbocycles. The Morgan fingerprint density at radius 3 is 2.82 bits per heavy atom. The molecule has 0 saturated carbocycles. The maximum absolute atomic E-state index is 11.7. The van der Waals surface area contributed by atoms with Crippen LogP contribution in [0.1, 0.15) is 10.4 Å². The fourth-order valence-electron chi connectivity index (χ4n) is 1.27. The molecular formula is C11H10N4O2. The zero-order valence-corrected chi connectivity index (χ0v) is 8.81. The maximum atomic E-state index is 11.7. The minimum absolute atomic E-state index is 0.0457. The first kappa shape index (κ1) is 10.9. The van der Waals surface area contributed by atoms with Crippen LogP contribution in [0.15, 0.2) is 41.6 Å². The van der Waals surface area contributed by atoms with Gasteiger partial charge in [0, 0.05) is 18.5 Å². The van der Waals surface area contributed by atoms with Crippen molar-refractivity contribution >= 4 is 17.4 Å². The van der Waals surface area contributed by atoms with E-state index < -0.39 is 5.91 Å². The Morgan fingerprint density at radius 1 is 1.35 bits per heavy atom. The number of nitrogens with zero attached hydrogens (tertiary/aromatic N) is 1. The number of nitrogens with two attached hydrogens (primary N) is 1. The van der Waals surface area contributed by atoms with Gasteiger partial charge in [-0.05, 0) is 12.1 Å². The highest BCUT2D eigenvalue weighted by atomic mass is 16.2. The topological polar surface area (TPSA) is 101 Å². The first-order valence-electron chi connectivity index (χ1n) is 4.87. The summed E-state index contributed by atoms with van der Waals surface area (Å²) in [5.74, 6) is -0.126. The van der Waals surface area contributed by atoms with Gasteiger partial charge in [-0.1, -0.05) is 0 Å². The normalized spacial score (nSPS) is 9.88. The van der Waals surface area contributed by atoms with Crippen LogP contribution in [0.25, 0.3) is 0 Å². The van der Waals surface area contributed by atoms with Crippen molar-refractivity contribution in [2.24, 2.45) is 0 Å². The molecule has 4 N–H and O–H groups in total. The number of pyridine rings is 2. The van der Waals surface area contributed by atoms with Crippen LogP contribution in [-0.4, -0.2) is 15.9 Å². The van der Waals surface area contributed by atoms with Gasteiger partial charge >= 0.3 is 0 Å². The third-order valence-corrected chi connectivity index (χ3v) is 2.11. The van der Waals surface area contributed by atoms with E-state index in [1.54, 1.807) is 12.1 Å². The molecule has 0 aliphatic heterocycles. The number of nitrogens with one attached hydrogen (secondary N) is 2. The highest BCUT2D eigenvalue weighted by Gasteiger charge is 2.09. The SMILES string of the molecule is Nc1ccc(NC(=O)c2c[nH]ccc2=O)cn1. The predicted octanol–water partition coefficient (Wildman–Crippen LogP) is 0.604. The number of nitrogen functional groups attached to an aromatic ring is 1. The molecule has 0 atom stereocenters. The van der Waals surface area contributed by atoms with E-state index in [1.165, 1.54) is 24.7 Å². The van der Waals surface area contributed by atoms with Crippen molar-refractivity contribution in [1.82, 2.24) is 9.97 Å². The summed E-state index contributed by atoms with van der Waals surface area (Å²) >= 11 is 0. The maximum Gasteiger partial charge on any atom is 0.261 e. The summed E-state index contributed by atoms with van der Waals surface area (Å²) in [7, 11) is 0. The van der Waals surface area contributed by atoms with Crippen LogP contribution >= 0.6 is 0 Å². The minimum Gasteiger partial charge on any atom is -0.384 e. The van der Waals surface area contributed by atoms with Crippen molar-refractivity contribution in [1.29, 1.82) is 0 Å². The summed E-state index contributed by atoms with van der Waals surface area (Å²) < 4.78 is 0. The van der Waals surface area contributed by atoms with Crippen molar-refractivity contribution in [3.8, 4) is 0 Å². The zero-order valence-electron chi connectivity index (χ0n) is 8.81. The van der Waals surface area contributed by atoms with Crippen LogP contribution in [0, 0.1) is 0 Å². The van der Waals surface area contributed by atoms with Crippen LogP contribution < -0.4 is 16.5 Å².